The van der Waals surface area contributed by atoms with Gasteiger partial charge in [-0.1, -0.05) is 0 Å². The second kappa shape index (κ2) is 5.73. The van der Waals surface area contributed by atoms with Crippen LogP contribution < -0.4 is 5.32 Å². The van der Waals surface area contributed by atoms with E-state index in [-0.39, 0.29) is 0 Å². The third-order valence-electron chi connectivity index (χ3n) is 4.66. The highest BCUT2D eigenvalue weighted by molar-refractivity contribution is 6.28. The maximum absolute atomic E-state index is 5.71. The van der Waals surface area contributed by atoms with E-state index in [9.17, 15) is 0 Å². The molecule has 3 heterocycles. The van der Waals surface area contributed by atoms with E-state index in [1.165, 1.54) is 51.9 Å². The lowest BCUT2D eigenvalue weighted by atomic mass is 9.71. The van der Waals surface area contributed by atoms with Crippen LogP contribution in [0.25, 0.3) is 0 Å². The summed E-state index contributed by atoms with van der Waals surface area (Å²) in [6, 6.07) is 0. The molecule has 5 heteroatoms. The summed E-state index contributed by atoms with van der Waals surface area (Å²) in [6.45, 7) is 5.74. The predicted molar refractivity (Wildman–Crippen MR) is 76.1 cm³/mol. The Morgan fingerprint density at radius 3 is 2.37 bits per heavy atom. The minimum atomic E-state index is 0.330. The highest BCUT2D eigenvalue weighted by Crippen LogP contribution is 2.39. The number of hydrogen-bond acceptors (Lipinski definition) is 4. The van der Waals surface area contributed by atoms with Crippen LogP contribution in [0.2, 0.25) is 5.28 Å². The monoisotopic (exact) mass is 280 g/mol. The minimum Gasteiger partial charge on any atom is -0.317 e. The van der Waals surface area contributed by atoms with Gasteiger partial charge in [0, 0.05) is 24.5 Å². The molecule has 104 valence electrons. The molecule has 0 saturated carbocycles. The third kappa shape index (κ3) is 3.25. The summed E-state index contributed by atoms with van der Waals surface area (Å²) in [5, 5.41) is 3.80. The van der Waals surface area contributed by atoms with Crippen molar-refractivity contribution in [1.82, 2.24) is 20.2 Å². The summed E-state index contributed by atoms with van der Waals surface area (Å²) < 4.78 is 0. The van der Waals surface area contributed by atoms with Crippen LogP contribution in [0.5, 0.6) is 0 Å². The predicted octanol–water partition coefficient (Wildman–Crippen LogP) is 2.10. The second-order valence-electron chi connectivity index (χ2n) is 5.89. The molecule has 1 spiro atoms. The fourth-order valence-corrected chi connectivity index (χ4v) is 3.42. The fraction of sp³-hybridized carbons (Fsp3) is 0.714. The van der Waals surface area contributed by atoms with Crippen LogP contribution in [0, 0.1) is 5.41 Å². The van der Waals surface area contributed by atoms with Crippen LogP contribution in [0.3, 0.4) is 0 Å². The zero-order valence-electron chi connectivity index (χ0n) is 11.2. The Bertz CT molecular complexity index is 404. The standard InChI is InChI=1S/C14H21ClN4/c15-13-17-9-12(10-18-13)11-19-7-3-14(4-8-19)1-5-16-6-2-14/h9-10,16H,1-8,11H2. The lowest BCUT2D eigenvalue weighted by Gasteiger charge is -2.44. The first-order chi connectivity index (χ1) is 9.26. The quantitative estimate of drug-likeness (QED) is 0.843. The topological polar surface area (TPSA) is 41.1 Å². The van der Waals surface area contributed by atoms with E-state index in [1.807, 2.05) is 12.4 Å². The molecule has 2 aliphatic rings. The van der Waals surface area contributed by atoms with Crippen LogP contribution in [0.1, 0.15) is 31.2 Å². The van der Waals surface area contributed by atoms with Gasteiger partial charge in [-0.05, 0) is 68.9 Å². The largest absolute Gasteiger partial charge is 0.317 e. The van der Waals surface area contributed by atoms with Crippen LogP contribution in [0.15, 0.2) is 12.4 Å². The zero-order valence-corrected chi connectivity index (χ0v) is 12.0. The summed E-state index contributed by atoms with van der Waals surface area (Å²) in [7, 11) is 0. The summed E-state index contributed by atoms with van der Waals surface area (Å²) in [5.74, 6) is 0. The molecule has 0 radical (unpaired) electrons. The van der Waals surface area contributed by atoms with Gasteiger partial charge in [-0.15, -0.1) is 0 Å². The number of likely N-dealkylation sites (tertiary alicyclic amines) is 1. The number of hydrogen-bond donors (Lipinski definition) is 1. The maximum Gasteiger partial charge on any atom is 0.222 e. The van der Waals surface area contributed by atoms with Crippen molar-refractivity contribution in [3.63, 3.8) is 0 Å². The average molecular weight is 281 g/mol. The molecule has 0 amide bonds. The summed E-state index contributed by atoms with van der Waals surface area (Å²) >= 11 is 5.71. The van der Waals surface area contributed by atoms with Gasteiger partial charge in [0.2, 0.25) is 5.28 Å². The number of piperidine rings is 2. The Labute approximate surface area is 119 Å². The van der Waals surface area contributed by atoms with Crippen LogP contribution in [-0.2, 0) is 6.54 Å². The average Bonchev–Trinajstić information content (AvgIpc) is 2.45. The highest BCUT2D eigenvalue weighted by Gasteiger charge is 2.35. The lowest BCUT2D eigenvalue weighted by molar-refractivity contribution is 0.0700. The minimum absolute atomic E-state index is 0.330. The highest BCUT2D eigenvalue weighted by atomic mass is 35.5. The first-order valence-corrected chi connectivity index (χ1v) is 7.53. The summed E-state index contributed by atoms with van der Waals surface area (Å²) in [5.41, 5.74) is 1.78. The molecular weight excluding hydrogens is 260 g/mol. The van der Waals surface area contributed by atoms with Crippen LogP contribution >= 0.6 is 11.6 Å². The van der Waals surface area contributed by atoms with Crippen molar-refractivity contribution >= 4 is 11.6 Å². The van der Waals surface area contributed by atoms with Crippen molar-refractivity contribution < 1.29 is 0 Å². The van der Waals surface area contributed by atoms with E-state index in [1.54, 1.807) is 0 Å². The van der Waals surface area contributed by atoms with E-state index in [0.29, 0.717) is 10.7 Å². The molecule has 4 nitrogen and oxygen atoms in total. The van der Waals surface area contributed by atoms with Gasteiger partial charge in [-0.2, -0.15) is 0 Å². The Morgan fingerprint density at radius 2 is 1.74 bits per heavy atom. The summed E-state index contributed by atoms with van der Waals surface area (Å²) in [6.07, 6.45) is 9.05. The molecule has 19 heavy (non-hydrogen) atoms. The Hall–Kier alpha value is -0.710. The smallest absolute Gasteiger partial charge is 0.222 e. The fourth-order valence-electron chi connectivity index (χ4n) is 3.32. The van der Waals surface area contributed by atoms with Gasteiger partial charge in [0.15, 0.2) is 0 Å². The van der Waals surface area contributed by atoms with Crippen molar-refractivity contribution in [2.24, 2.45) is 5.41 Å². The normalized spacial score (nSPS) is 23.6. The first kappa shape index (κ1) is 13.3. The molecule has 2 saturated heterocycles. The van der Waals surface area contributed by atoms with E-state index in [2.05, 4.69) is 20.2 Å². The SMILES string of the molecule is Clc1ncc(CN2CCC3(CCNCC3)CC2)cn1. The molecule has 0 bridgehead atoms. The molecule has 1 N–H and O–H groups in total. The lowest BCUT2D eigenvalue weighted by Crippen LogP contribution is -2.45. The van der Waals surface area contributed by atoms with Gasteiger partial charge in [0.1, 0.15) is 0 Å². The van der Waals surface area contributed by atoms with Gasteiger partial charge in [-0.3, -0.25) is 4.90 Å². The summed E-state index contributed by atoms with van der Waals surface area (Å²) in [4.78, 5) is 10.6. The number of nitrogens with zero attached hydrogens (tertiary/aromatic N) is 3. The molecular formula is C14H21ClN4. The molecule has 0 aromatic carbocycles. The van der Waals surface area contributed by atoms with Crippen molar-refractivity contribution in [2.75, 3.05) is 26.2 Å². The number of nitrogens with one attached hydrogen (secondary N) is 1. The number of aromatic nitrogens is 2. The van der Waals surface area contributed by atoms with E-state index >= 15 is 0 Å². The Kier molecular flexibility index (Phi) is 4.01. The number of halogens is 1. The Morgan fingerprint density at radius 1 is 1.11 bits per heavy atom. The van der Waals surface area contributed by atoms with Gasteiger partial charge in [0.25, 0.3) is 0 Å². The van der Waals surface area contributed by atoms with Gasteiger partial charge < -0.3 is 5.32 Å². The molecule has 1 aromatic rings. The molecule has 3 rings (SSSR count). The third-order valence-corrected chi connectivity index (χ3v) is 4.86. The van der Waals surface area contributed by atoms with Crippen LogP contribution in [-0.4, -0.2) is 41.0 Å². The maximum atomic E-state index is 5.71. The molecule has 2 aliphatic heterocycles. The molecule has 0 unspecified atom stereocenters. The second-order valence-corrected chi connectivity index (χ2v) is 6.22. The molecule has 1 aromatic heterocycles. The van der Waals surface area contributed by atoms with Crippen molar-refractivity contribution in [2.45, 2.75) is 32.2 Å². The van der Waals surface area contributed by atoms with Gasteiger partial charge >= 0.3 is 0 Å². The van der Waals surface area contributed by atoms with Crippen molar-refractivity contribution in [3.8, 4) is 0 Å². The van der Waals surface area contributed by atoms with Crippen LogP contribution in [0.4, 0.5) is 0 Å². The molecule has 0 aliphatic carbocycles. The van der Waals surface area contributed by atoms with Gasteiger partial charge in [0.05, 0.1) is 0 Å². The van der Waals surface area contributed by atoms with Crippen molar-refractivity contribution in [1.29, 1.82) is 0 Å². The molecule has 2 fully saturated rings. The number of rotatable bonds is 2. The van der Waals surface area contributed by atoms with E-state index < -0.39 is 0 Å². The Balaban J connectivity index is 1.54. The zero-order chi connectivity index (χ0) is 13.1. The molecule has 0 atom stereocenters. The first-order valence-electron chi connectivity index (χ1n) is 7.15. The van der Waals surface area contributed by atoms with Crippen molar-refractivity contribution in [3.05, 3.63) is 23.2 Å². The van der Waals surface area contributed by atoms with E-state index in [0.717, 1.165) is 12.1 Å². The van der Waals surface area contributed by atoms with Gasteiger partial charge in [-0.25, -0.2) is 9.97 Å². The van der Waals surface area contributed by atoms with E-state index in [4.69, 9.17) is 11.6 Å².